The maximum atomic E-state index is 12.6. The Morgan fingerprint density at radius 1 is 1.45 bits per heavy atom. The average molecular weight is 276 g/mol. The first-order chi connectivity index (χ1) is 9.47. The minimum absolute atomic E-state index is 0.0182. The molecule has 5 heteroatoms. The summed E-state index contributed by atoms with van der Waals surface area (Å²) in [6.45, 7) is 3.87. The summed E-state index contributed by atoms with van der Waals surface area (Å²) < 4.78 is 0. The number of nitrogens with two attached hydrogens (primary N) is 1. The summed E-state index contributed by atoms with van der Waals surface area (Å²) in [5, 5.41) is 9.35. The number of carbonyl (C=O) groups excluding carboxylic acids is 1. The number of benzene rings is 1. The zero-order valence-corrected chi connectivity index (χ0v) is 11.7. The van der Waals surface area contributed by atoms with Gasteiger partial charge in [-0.1, -0.05) is 38.5 Å². The van der Waals surface area contributed by atoms with E-state index in [1.165, 1.54) is 4.90 Å². The number of anilines is 1. The fraction of sp³-hybridized carbons (Fsp3) is 0.467. The smallest absolute Gasteiger partial charge is 0.327 e. The van der Waals surface area contributed by atoms with Crippen LogP contribution in [0.4, 0.5) is 5.69 Å². The summed E-state index contributed by atoms with van der Waals surface area (Å²) in [4.78, 5) is 25.3. The van der Waals surface area contributed by atoms with Crippen molar-refractivity contribution in [1.82, 2.24) is 0 Å². The van der Waals surface area contributed by atoms with Crippen LogP contribution in [0.5, 0.6) is 0 Å². The Bertz CT molecular complexity index is 530. The van der Waals surface area contributed by atoms with E-state index in [4.69, 9.17) is 5.73 Å². The van der Waals surface area contributed by atoms with E-state index in [2.05, 4.69) is 0 Å². The number of rotatable bonds is 4. The van der Waals surface area contributed by atoms with E-state index >= 15 is 0 Å². The molecule has 1 aliphatic rings. The highest BCUT2D eigenvalue weighted by molar-refractivity contribution is 6.04. The highest BCUT2D eigenvalue weighted by atomic mass is 16.4. The van der Waals surface area contributed by atoms with Crippen molar-refractivity contribution < 1.29 is 14.7 Å². The number of carboxylic acids is 1. The second-order valence-corrected chi connectivity index (χ2v) is 5.31. The van der Waals surface area contributed by atoms with Crippen LogP contribution in [0.2, 0.25) is 0 Å². The number of carbonyl (C=O) groups is 2. The third-order valence-corrected chi connectivity index (χ3v) is 4.04. The summed E-state index contributed by atoms with van der Waals surface area (Å²) >= 11 is 0. The third-order valence-electron chi connectivity index (χ3n) is 4.04. The van der Waals surface area contributed by atoms with Crippen LogP contribution in [0, 0.1) is 5.92 Å². The number of carboxylic acid groups (broad SMARTS) is 1. The molecule has 0 aliphatic carbocycles. The van der Waals surface area contributed by atoms with Crippen molar-refractivity contribution in [3.8, 4) is 0 Å². The van der Waals surface area contributed by atoms with Crippen LogP contribution in [0.3, 0.4) is 0 Å². The minimum Gasteiger partial charge on any atom is -0.480 e. The molecule has 0 aromatic heterocycles. The Balaban J connectivity index is 2.36. The predicted octanol–water partition coefficient (Wildman–Crippen LogP) is 1.40. The Labute approximate surface area is 118 Å². The van der Waals surface area contributed by atoms with Crippen LogP contribution in [0.15, 0.2) is 24.3 Å². The lowest BCUT2D eigenvalue weighted by atomic mass is 9.98. The molecule has 0 saturated carbocycles. The van der Waals surface area contributed by atoms with Gasteiger partial charge in [-0.3, -0.25) is 9.69 Å². The second kappa shape index (κ2) is 5.63. The van der Waals surface area contributed by atoms with Crippen LogP contribution >= 0.6 is 0 Å². The van der Waals surface area contributed by atoms with Gasteiger partial charge in [0.1, 0.15) is 6.04 Å². The first-order valence-corrected chi connectivity index (χ1v) is 6.86. The summed E-state index contributed by atoms with van der Waals surface area (Å²) in [7, 11) is 0. The van der Waals surface area contributed by atoms with Crippen molar-refractivity contribution in [1.29, 1.82) is 0 Å². The fourth-order valence-corrected chi connectivity index (χ4v) is 2.51. The van der Waals surface area contributed by atoms with Gasteiger partial charge >= 0.3 is 5.97 Å². The zero-order chi connectivity index (χ0) is 14.9. The van der Waals surface area contributed by atoms with Crippen LogP contribution < -0.4 is 10.6 Å². The molecule has 2 rings (SSSR count). The van der Waals surface area contributed by atoms with Gasteiger partial charge in [-0.15, -0.1) is 0 Å². The van der Waals surface area contributed by atoms with Gasteiger partial charge in [0.2, 0.25) is 5.91 Å². The number of para-hydroxylation sites is 1. The number of hydrogen-bond donors (Lipinski definition) is 2. The maximum absolute atomic E-state index is 12.6. The van der Waals surface area contributed by atoms with Crippen molar-refractivity contribution in [3.05, 3.63) is 29.8 Å². The van der Waals surface area contributed by atoms with Gasteiger partial charge in [0.05, 0.1) is 6.04 Å². The van der Waals surface area contributed by atoms with Gasteiger partial charge in [-0.05, 0) is 17.5 Å². The second-order valence-electron chi connectivity index (χ2n) is 5.31. The molecule has 1 aromatic carbocycles. The molecule has 108 valence electrons. The monoisotopic (exact) mass is 276 g/mol. The first kappa shape index (κ1) is 14.5. The quantitative estimate of drug-likeness (QED) is 0.870. The molecule has 0 bridgehead atoms. The molecule has 20 heavy (non-hydrogen) atoms. The molecule has 5 nitrogen and oxygen atoms in total. The van der Waals surface area contributed by atoms with E-state index in [0.29, 0.717) is 12.1 Å². The lowest BCUT2D eigenvalue weighted by Crippen LogP contribution is -2.52. The van der Waals surface area contributed by atoms with Crippen LogP contribution in [-0.4, -0.2) is 29.1 Å². The average Bonchev–Trinajstić information content (AvgIpc) is 2.84. The molecule has 1 amide bonds. The van der Waals surface area contributed by atoms with E-state index in [1.54, 1.807) is 12.1 Å². The first-order valence-electron chi connectivity index (χ1n) is 6.86. The Morgan fingerprint density at radius 3 is 2.70 bits per heavy atom. The molecule has 0 radical (unpaired) electrons. The van der Waals surface area contributed by atoms with Crippen LogP contribution in [0.25, 0.3) is 0 Å². The molecule has 1 heterocycles. The Morgan fingerprint density at radius 2 is 2.10 bits per heavy atom. The highest BCUT2D eigenvalue weighted by Gasteiger charge is 2.40. The Kier molecular flexibility index (Phi) is 4.09. The summed E-state index contributed by atoms with van der Waals surface area (Å²) in [6, 6.07) is 5.76. The molecule has 0 saturated heterocycles. The summed E-state index contributed by atoms with van der Waals surface area (Å²) in [5.74, 6) is -1.28. The molecule has 3 unspecified atom stereocenters. The number of nitrogens with zero attached hydrogens (tertiary/aromatic N) is 1. The zero-order valence-electron chi connectivity index (χ0n) is 11.7. The van der Waals surface area contributed by atoms with Gasteiger partial charge in [-0.2, -0.15) is 0 Å². The molecule has 1 aromatic rings. The van der Waals surface area contributed by atoms with Crippen LogP contribution in [-0.2, 0) is 16.0 Å². The number of amides is 1. The third kappa shape index (κ3) is 2.41. The van der Waals surface area contributed by atoms with Gasteiger partial charge in [-0.25, -0.2) is 4.79 Å². The van der Waals surface area contributed by atoms with Crippen molar-refractivity contribution in [2.24, 2.45) is 11.7 Å². The number of fused-ring (bicyclic) bond motifs is 1. The molecular formula is C15H20N2O3. The summed E-state index contributed by atoms with van der Waals surface area (Å²) in [5.41, 5.74) is 7.54. The normalized spacial score (nSPS) is 20.4. The van der Waals surface area contributed by atoms with E-state index in [0.717, 1.165) is 12.0 Å². The van der Waals surface area contributed by atoms with E-state index < -0.39 is 18.1 Å². The van der Waals surface area contributed by atoms with Crippen LogP contribution in [0.1, 0.15) is 25.8 Å². The standard InChI is InChI=1S/C15H20N2O3/c1-3-9(2)13(16)14(18)17-11-7-5-4-6-10(11)8-12(17)15(19)20/h4-7,9,12-13H,3,8,16H2,1-2H3,(H,19,20). The summed E-state index contributed by atoms with van der Waals surface area (Å²) in [6.07, 6.45) is 1.12. The molecule has 0 spiro atoms. The largest absolute Gasteiger partial charge is 0.480 e. The lowest BCUT2D eigenvalue weighted by Gasteiger charge is -2.28. The molecule has 1 aliphatic heterocycles. The van der Waals surface area contributed by atoms with Crippen molar-refractivity contribution >= 4 is 17.6 Å². The van der Waals surface area contributed by atoms with E-state index in [-0.39, 0.29) is 11.8 Å². The van der Waals surface area contributed by atoms with Crippen molar-refractivity contribution in [2.45, 2.75) is 38.8 Å². The predicted molar refractivity (Wildman–Crippen MR) is 76.5 cm³/mol. The minimum atomic E-state index is -0.995. The molecule has 3 N–H and O–H groups in total. The van der Waals surface area contributed by atoms with Gasteiger partial charge in [0, 0.05) is 12.1 Å². The maximum Gasteiger partial charge on any atom is 0.327 e. The molecule has 3 atom stereocenters. The number of aliphatic carboxylic acids is 1. The van der Waals surface area contributed by atoms with Gasteiger partial charge < -0.3 is 10.8 Å². The fourth-order valence-electron chi connectivity index (χ4n) is 2.51. The SMILES string of the molecule is CCC(C)C(N)C(=O)N1c2ccccc2CC1C(=O)O. The lowest BCUT2D eigenvalue weighted by molar-refractivity contribution is -0.140. The molecule has 0 fully saturated rings. The van der Waals surface area contributed by atoms with Gasteiger partial charge in [0.25, 0.3) is 0 Å². The molecular weight excluding hydrogens is 256 g/mol. The van der Waals surface area contributed by atoms with Crippen molar-refractivity contribution in [2.75, 3.05) is 4.90 Å². The number of hydrogen-bond acceptors (Lipinski definition) is 3. The topological polar surface area (TPSA) is 83.6 Å². The van der Waals surface area contributed by atoms with Gasteiger partial charge in [0.15, 0.2) is 0 Å². The highest BCUT2D eigenvalue weighted by Crippen LogP contribution is 2.33. The van der Waals surface area contributed by atoms with Crippen molar-refractivity contribution in [3.63, 3.8) is 0 Å². The van der Waals surface area contributed by atoms with E-state index in [9.17, 15) is 14.7 Å². The van der Waals surface area contributed by atoms with E-state index in [1.807, 2.05) is 26.0 Å². The Hall–Kier alpha value is -1.88.